The van der Waals surface area contributed by atoms with Crippen LogP contribution >= 0.6 is 0 Å². The number of carbonyl (C=O) groups excluding carboxylic acids is 2. The van der Waals surface area contributed by atoms with Gasteiger partial charge < -0.3 is 20.5 Å². The van der Waals surface area contributed by atoms with Crippen molar-refractivity contribution in [2.24, 2.45) is 0 Å². The van der Waals surface area contributed by atoms with E-state index in [2.05, 4.69) is 0 Å². The summed E-state index contributed by atoms with van der Waals surface area (Å²) >= 11 is 0. The van der Waals surface area contributed by atoms with Gasteiger partial charge in [-0.3, -0.25) is 0 Å². The average Bonchev–Trinajstić information content (AvgIpc) is 2.62. The summed E-state index contributed by atoms with van der Waals surface area (Å²) in [7, 11) is 0. The van der Waals surface area contributed by atoms with E-state index in [9.17, 15) is 9.59 Å². The molecule has 0 spiro atoms. The molecule has 0 aromatic heterocycles. The molecular weight excluding hydrogens is 318 g/mol. The minimum absolute atomic E-state index is 0. The first-order chi connectivity index (χ1) is 10.8. The first-order valence-electron chi connectivity index (χ1n) is 6.88. The summed E-state index contributed by atoms with van der Waals surface area (Å²) in [5.41, 5.74) is 5.02. The fourth-order valence-electron chi connectivity index (χ4n) is 2.40. The van der Waals surface area contributed by atoms with E-state index in [1.165, 1.54) is 0 Å². The van der Waals surface area contributed by atoms with Crippen LogP contribution in [0.15, 0.2) is 72.8 Å². The summed E-state index contributed by atoms with van der Waals surface area (Å²) in [5.74, 6) is 0. The molecule has 0 aliphatic rings. The van der Waals surface area contributed by atoms with Crippen molar-refractivity contribution < 1.29 is 58.3 Å². The number of benzene rings is 3. The van der Waals surface area contributed by atoms with Crippen LogP contribution in [0.1, 0.15) is 11.1 Å². The van der Waals surface area contributed by atoms with Crippen LogP contribution in [0.4, 0.5) is 0 Å². The smallest absolute Gasteiger partial charge is 0.870 e. The van der Waals surface area contributed by atoms with Crippen LogP contribution in [0, 0.1) is 0 Å². The molecule has 3 aromatic rings. The van der Waals surface area contributed by atoms with Crippen LogP contribution in [0.5, 0.6) is 0 Å². The van der Waals surface area contributed by atoms with Gasteiger partial charge >= 0.3 is 37.7 Å². The molecule has 3 aromatic carbocycles. The van der Waals surface area contributed by atoms with E-state index in [1.54, 1.807) is 18.2 Å². The molecule has 0 aliphatic carbocycles. The zero-order chi connectivity index (χ0) is 15.4. The van der Waals surface area contributed by atoms with Gasteiger partial charge in [-0.15, -0.1) is 35.4 Å². The predicted octanol–water partition coefficient (Wildman–Crippen LogP) is -2.41. The van der Waals surface area contributed by atoms with Crippen molar-refractivity contribution in [1.29, 1.82) is 0 Å². The standard InChI is InChI=1S/C20H12O2.2Li.2H2O/c21-13-15-5-7-16(8-6-15)17-9-11-18(12-10-17)20-4-2-1-3-19(20)14-22;;;;/h1-12H;;;2*1H2/q-2;2*+1;;/p-2. The van der Waals surface area contributed by atoms with Crippen molar-refractivity contribution in [2.75, 3.05) is 0 Å². The van der Waals surface area contributed by atoms with Crippen LogP contribution in [0.2, 0.25) is 0 Å². The maximum atomic E-state index is 11.0. The summed E-state index contributed by atoms with van der Waals surface area (Å²) in [6.07, 6.45) is 3.83. The fraction of sp³-hybridized carbons (Fsp3) is 0. The van der Waals surface area contributed by atoms with Crippen LogP contribution in [-0.2, 0) is 9.59 Å². The Morgan fingerprint density at radius 1 is 0.538 bits per heavy atom. The first kappa shape index (κ1) is 26.3. The van der Waals surface area contributed by atoms with Crippen LogP contribution in [0.3, 0.4) is 0 Å². The van der Waals surface area contributed by atoms with Crippen LogP contribution < -0.4 is 37.7 Å². The Morgan fingerprint density at radius 3 is 1.50 bits per heavy atom. The molecule has 0 bridgehead atoms. The topological polar surface area (TPSA) is 94.1 Å². The molecule has 4 nitrogen and oxygen atoms in total. The predicted molar refractivity (Wildman–Crippen MR) is 90.8 cm³/mol. The van der Waals surface area contributed by atoms with E-state index in [-0.39, 0.29) is 48.7 Å². The average molecular weight is 332 g/mol. The van der Waals surface area contributed by atoms with E-state index in [1.807, 2.05) is 67.2 Å². The third kappa shape index (κ3) is 5.83. The van der Waals surface area contributed by atoms with Crippen molar-refractivity contribution >= 4 is 12.6 Å². The second-order valence-corrected chi connectivity index (χ2v) is 4.90. The van der Waals surface area contributed by atoms with Gasteiger partial charge in [0.1, 0.15) is 0 Å². The molecule has 0 radical (unpaired) electrons. The van der Waals surface area contributed by atoms with E-state index in [0.29, 0.717) is 11.1 Å². The molecule has 0 atom stereocenters. The number of rotatable bonds is 4. The molecule has 0 saturated carbocycles. The normalized spacial score (nSPS) is 8.62. The molecule has 0 unspecified atom stereocenters. The maximum Gasteiger partial charge on any atom is 1.00 e. The molecule has 122 valence electrons. The summed E-state index contributed by atoms with van der Waals surface area (Å²) in [6, 6.07) is 22.6. The Hall–Kier alpha value is -1.89. The molecule has 0 fully saturated rings. The Labute approximate surface area is 176 Å². The summed E-state index contributed by atoms with van der Waals surface area (Å²) in [5, 5.41) is 0. The van der Waals surface area contributed by atoms with Gasteiger partial charge in [0.25, 0.3) is 0 Å². The quantitative estimate of drug-likeness (QED) is 0.393. The number of hydrogen-bond acceptors (Lipinski definition) is 4. The molecule has 0 amide bonds. The Balaban J connectivity index is 0. The van der Waals surface area contributed by atoms with Gasteiger partial charge in [-0.05, 0) is 11.1 Å². The Morgan fingerprint density at radius 2 is 1.00 bits per heavy atom. The van der Waals surface area contributed by atoms with Gasteiger partial charge in [0, 0.05) is 0 Å². The van der Waals surface area contributed by atoms with Gasteiger partial charge in [-0.25, -0.2) is 0 Å². The van der Waals surface area contributed by atoms with Crippen molar-refractivity contribution in [3.05, 3.63) is 83.9 Å². The van der Waals surface area contributed by atoms with Crippen LogP contribution in [0.25, 0.3) is 22.3 Å². The summed E-state index contributed by atoms with van der Waals surface area (Å²) < 4.78 is 0. The van der Waals surface area contributed by atoms with Gasteiger partial charge in [-0.2, -0.15) is 23.8 Å². The molecule has 0 aliphatic heterocycles. The van der Waals surface area contributed by atoms with Gasteiger partial charge in [0.2, 0.25) is 0 Å². The molecule has 26 heavy (non-hydrogen) atoms. The number of hydrogen-bond donors (Lipinski definition) is 0. The van der Waals surface area contributed by atoms with Crippen molar-refractivity contribution in [3.8, 4) is 22.3 Å². The van der Waals surface area contributed by atoms with Gasteiger partial charge in [0.15, 0.2) is 0 Å². The molecule has 6 heteroatoms. The van der Waals surface area contributed by atoms with E-state index in [0.717, 1.165) is 22.3 Å². The zero-order valence-corrected chi connectivity index (χ0v) is 14.6. The van der Waals surface area contributed by atoms with Crippen LogP contribution in [-0.4, -0.2) is 23.5 Å². The third-order valence-corrected chi connectivity index (χ3v) is 3.57. The van der Waals surface area contributed by atoms with Crippen molar-refractivity contribution in [3.63, 3.8) is 0 Å². The molecule has 3 rings (SSSR count). The maximum absolute atomic E-state index is 11.0. The van der Waals surface area contributed by atoms with E-state index >= 15 is 0 Å². The van der Waals surface area contributed by atoms with E-state index < -0.39 is 0 Å². The van der Waals surface area contributed by atoms with Crippen molar-refractivity contribution in [2.45, 2.75) is 0 Å². The minimum Gasteiger partial charge on any atom is -0.870 e. The summed E-state index contributed by atoms with van der Waals surface area (Å²) in [4.78, 5) is 21.6. The largest absolute Gasteiger partial charge is 1.00 e. The SMILES string of the molecule is O=[C-]c1ccc(-c2ccc(-c3ccccc3[C-]=O)cc2)cc1.[Li+].[Li+].[OH-].[OH-]. The fourth-order valence-corrected chi connectivity index (χ4v) is 2.40. The van der Waals surface area contributed by atoms with Crippen molar-refractivity contribution in [1.82, 2.24) is 0 Å². The molecular formula is C20H14Li2O4-2. The molecule has 2 N–H and O–H groups in total. The first-order valence-corrected chi connectivity index (χ1v) is 6.88. The second kappa shape index (κ2) is 12.5. The molecule has 0 saturated heterocycles. The second-order valence-electron chi connectivity index (χ2n) is 4.90. The molecule has 0 heterocycles. The van der Waals surface area contributed by atoms with Gasteiger partial charge in [0.05, 0.1) is 12.6 Å². The zero-order valence-electron chi connectivity index (χ0n) is 14.6. The van der Waals surface area contributed by atoms with E-state index in [4.69, 9.17) is 0 Å². The Bertz CT molecular complexity index is 816. The summed E-state index contributed by atoms with van der Waals surface area (Å²) in [6.45, 7) is 0. The third-order valence-electron chi connectivity index (χ3n) is 3.57. The Kier molecular flexibility index (Phi) is 12.6. The minimum atomic E-state index is 0. The monoisotopic (exact) mass is 332 g/mol. The van der Waals surface area contributed by atoms with Gasteiger partial charge in [-0.1, -0.05) is 35.9 Å².